The topological polar surface area (TPSA) is 58.6 Å². The third-order valence-electron chi connectivity index (χ3n) is 3.13. The normalized spacial score (nSPS) is 18.1. The van der Waals surface area contributed by atoms with E-state index in [1.165, 1.54) is 0 Å². The molecule has 5 heteroatoms. The molecule has 1 aliphatic rings. The molecule has 0 aromatic carbocycles. The number of hydrogen-bond donors (Lipinski definition) is 1. The van der Waals surface area contributed by atoms with Crippen LogP contribution in [0.4, 0.5) is 4.79 Å². The van der Waals surface area contributed by atoms with E-state index < -0.39 is 5.60 Å². The summed E-state index contributed by atoms with van der Waals surface area (Å²) < 4.78 is 5.31. The van der Waals surface area contributed by atoms with Crippen molar-refractivity contribution in [1.82, 2.24) is 10.2 Å². The van der Waals surface area contributed by atoms with Crippen molar-refractivity contribution in [3.8, 4) is 12.3 Å². The molecule has 20 heavy (non-hydrogen) atoms. The molecule has 0 aliphatic carbocycles. The Balaban J connectivity index is 2.42. The summed E-state index contributed by atoms with van der Waals surface area (Å²) in [7, 11) is 0. The van der Waals surface area contributed by atoms with Gasteiger partial charge in [-0.25, -0.2) is 4.79 Å². The molecular formula is C15H24N2O3. The number of terminal acetylenes is 1. The second-order valence-electron chi connectivity index (χ2n) is 6.14. The van der Waals surface area contributed by atoms with E-state index in [0.29, 0.717) is 25.9 Å². The summed E-state index contributed by atoms with van der Waals surface area (Å²) in [5, 5.41) is 2.77. The smallest absolute Gasteiger partial charge is 0.410 e. The molecule has 1 rings (SSSR count). The highest BCUT2D eigenvalue weighted by Crippen LogP contribution is 2.19. The van der Waals surface area contributed by atoms with Crippen molar-refractivity contribution in [1.29, 1.82) is 0 Å². The lowest BCUT2D eigenvalue weighted by Crippen LogP contribution is -2.45. The zero-order valence-electron chi connectivity index (χ0n) is 12.7. The van der Waals surface area contributed by atoms with Crippen LogP contribution >= 0.6 is 0 Å². The standard InChI is InChI=1S/C15H24N2O3/c1-6-11(2)16-13(18)12-7-9-17(10-8-12)14(19)20-15(3,4)5/h1,11-12H,7-10H2,2-5H3,(H,16,18). The maximum absolute atomic E-state index is 11.9. The molecule has 1 atom stereocenters. The van der Waals surface area contributed by atoms with Gasteiger partial charge in [0, 0.05) is 19.0 Å². The fourth-order valence-corrected chi connectivity index (χ4v) is 2.02. The first-order valence-electron chi connectivity index (χ1n) is 6.97. The molecule has 0 saturated carbocycles. The highest BCUT2D eigenvalue weighted by atomic mass is 16.6. The fourth-order valence-electron chi connectivity index (χ4n) is 2.02. The van der Waals surface area contributed by atoms with Crippen molar-refractivity contribution in [2.45, 2.75) is 52.2 Å². The first-order chi connectivity index (χ1) is 9.23. The van der Waals surface area contributed by atoms with Crippen molar-refractivity contribution in [2.75, 3.05) is 13.1 Å². The van der Waals surface area contributed by atoms with Gasteiger partial charge in [-0.2, -0.15) is 0 Å². The lowest BCUT2D eigenvalue weighted by Gasteiger charge is -2.33. The monoisotopic (exact) mass is 280 g/mol. The summed E-state index contributed by atoms with van der Waals surface area (Å²) in [5.74, 6) is 2.36. The molecule has 2 amide bonds. The second kappa shape index (κ2) is 6.65. The Morgan fingerprint density at radius 3 is 2.35 bits per heavy atom. The van der Waals surface area contributed by atoms with Gasteiger partial charge in [-0.1, -0.05) is 5.92 Å². The van der Waals surface area contributed by atoms with E-state index in [0.717, 1.165) is 0 Å². The van der Waals surface area contributed by atoms with Gasteiger partial charge in [-0.15, -0.1) is 6.42 Å². The van der Waals surface area contributed by atoms with Crippen LogP contribution in [0.25, 0.3) is 0 Å². The number of ether oxygens (including phenoxy) is 1. The van der Waals surface area contributed by atoms with E-state index in [1.54, 1.807) is 11.8 Å². The van der Waals surface area contributed by atoms with Crippen LogP contribution < -0.4 is 5.32 Å². The van der Waals surface area contributed by atoms with Crippen molar-refractivity contribution in [3.63, 3.8) is 0 Å². The number of piperidine rings is 1. The van der Waals surface area contributed by atoms with Crippen molar-refractivity contribution < 1.29 is 14.3 Å². The first kappa shape index (κ1) is 16.4. The Hall–Kier alpha value is -1.70. The van der Waals surface area contributed by atoms with E-state index in [4.69, 9.17) is 11.2 Å². The third-order valence-corrected chi connectivity index (χ3v) is 3.13. The molecule has 5 nitrogen and oxygen atoms in total. The molecule has 1 unspecified atom stereocenters. The predicted octanol–water partition coefficient (Wildman–Crippen LogP) is 1.77. The Bertz CT molecular complexity index is 398. The Morgan fingerprint density at radius 2 is 1.90 bits per heavy atom. The van der Waals surface area contributed by atoms with Crippen molar-refractivity contribution in [2.24, 2.45) is 5.92 Å². The highest BCUT2D eigenvalue weighted by Gasteiger charge is 2.30. The number of amides is 2. The summed E-state index contributed by atoms with van der Waals surface area (Å²) >= 11 is 0. The number of nitrogens with zero attached hydrogens (tertiary/aromatic N) is 1. The van der Waals surface area contributed by atoms with E-state index in [1.807, 2.05) is 20.8 Å². The summed E-state index contributed by atoms with van der Waals surface area (Å²) in [5.41, 5.74) is -0.493. The number of likely N-dealkylation sites (tertiary alicyclic amines) is 1. The lowest BCUT2D eigenvalue weighted by atomic mass is 9.96. The SMILES string of the molecule is C#CC(C)NC(=O)C1CCN(C(=O)OC(C)(C)C)CC1. The van der Waals surface area contributed by atoms with Crippen LogP contribution in [0.1, 0.15) is 40.5 Å². The highest BCUT2D eigenvalue weighted by molar-refractivity contribution is 5.79. The Morgan fingerprint density at radius 1 is 1.35 bits per heavy atom. The minimum atomic E-state index is -0.493. The fraction of sp³-hybridized carbons (Fsp3) is 0.733. The number of rotatable bonds is 2. The average molecular weight is 280 g/mol. The van der Waals surface area contributed by atoms with E-state index in [-0.39, 0.29) is 24.0 Å². The van der Waals surface area contributed by atoms with E-state index in [2.05, 4.69) is 11.2 Å². The van der Waals surface area contributed by atoms with Crippen LogP contribution in [0.15, 0.2) is 0 Å². The molecule has 0 spiro atoms. The minimum Gasteiger partial charge on any atom is -0.444 e. The minimum absolute atomic E-state index is 0.0284. The predicted molar refractivity (Wildman–Crippen MR) is 77.0 cm³/mol. The maximum Gasteiger partial charge on any atom is 0.410 e. The Kier molecular flexibility index (Phi) is 5.43. The lowest BCUT2D eigenvalue weighted by molar-refractivity contribution is -0.126. The average Bonchev–Trinajstić information content (AvgIpc) is 2.36. The van der Waals surface area contributed by atoms with Crippen LogP contribution in [-0.4, -0.2) is 41.6 Å². The molecule has 1 saturated heterocycles. The molecule has 1 aliphatic heterocycles. The van der Waals surface area contributed by atoms with Crippen LogP contribution in [0.5, 0.6) is 0 Å². The van der Waals surface area contributed by atoms with Gasteiger partial charge >= 0.3 is 6.09 Å². The van der Waals surface area contributed by atoms with Gasteiger partial charge in [0.1, 0.15) is 5.60 Å². The van der Waals surface area contributed by atoms with Crippen LogP contribution in [0.2, 0.25) is 0 Å². The summed E-state index contributed by atoms with van der Waals surface area (Å²) in [4.78, 5) is 25.5. The van der Waals surface area contributed by atoms with Crippen LogP contribution in [0.3, 0.4) is 0 Å². The largest absolute Gasteiger partial charge is 0.444 e. The van der Waals surface area contributed by atoms with Gasteiger partial charge in [-0.05, 0) is 40.5 Å². The number of nitrogens with one attached hydrogen (secondary N) is 1. The van der Waals surface area contributed by atoms with Gasteiger partial charge in [0.25, 0.3) is 0 Å². The van der Waals surface area contributed by atoms with Crippen molar-refractivity contribution >= 4 is 12.0 Å². The van der Waals surface area contributed by atoms with Crippen LogP contribution in [0, 0.1) is 18.3 Å². The first-order valence-corrected chi connectivity index (χ1v) is 6.97. The number of carbonyl (C=O) groups is 2. The van der Waals surface area contributed by atoms with Gasteiger partial charge in [0.15, 0.2) is 0 Å². The molecule has 0 aromatic rings. The molecule has 0 aromatic heterocycles. The maximum atomic E-state index is 11.9. The quantitative estimate of drug-likeness (QED) is 0.784. The third kappa shape index (κ3) is 5.12. The molecule has 112 valence electrons. The second-order valence-corrected chi connectivity index (χ2v) is 6.14. The van der Waals surface area contributed by atoms with E-state index >= 15 is 0 Å². The number of carbonyl (C=O) groups excluding carboxylic acids is 2. The zero-order chi connectivity index (χ0) is 15.3. The molecule has 1 N–H and O–H groups in total. The summed E-state index contributed by atoms with van der Waals surface area (Å²) in [6.07, 6.45) is 6.21. The van der Waals surface area contributed by atoms with Gasteiger partial charge in [0.05, 0.1) is 6.04 Å². The van der Waals surface area contributed by atoms with Gasteiger partial charge < -0.3 is 15.0 Å². The zero-order valence-corrected chi connectivity index (χ0v) is 12.7. The summed E-state index contributed by atoms with van der Waals surface area (Å²) in [6, 6.07) is -0.258. The molecule has 1 fully saturated rings. The Labute approximate surface area is 121 Å². The van der Waals surface area contributed by atoms with Gasteiger partial charge in [0.2, 0.25) is 5.91 Å². The number of hydrogen-bond acceptors (Lipinski definition) is 3. The van der Waals surface area contributed by atoms with Crippen molar-refractivity contribution in [3.05, 3.63) is 0 Å². The molecular weight excluding hydrogens is 256 g/mol. The van der Waals surface area contributed by atoms with E-state index in [9.17, 15) is 9.59 Å². The molecule has 1 heterocycles. The molecule has 0 bridgehead atoms. The molecule has 0 radical (unpaired) electrons. The van der Waals surface area contributed by atoms with Gasteiger partial charge in [-0.3, -0.25) is 4.79 Å². The summed E-state index contributed by atoms with van der Waals surface area (Å²) in [6.45, 7) is 8.37. The van der Waals surface area contributed by atoms with Crippen LogP contribution in [-0.2, 0) is 9.53 Å².